The summed E-state index contributed by atoms with van der Waals surface area (Å²) in [6.45, 7) is 10.7. The fourth-order valence-electron chi connectivity index (χ4n) is 2.67. The zero-order valence-electron chi connectivity index (χ0n) is 19.1. The van der Waals surface area contributed by atoms with Crippen LogP contribution in [0.1, 0.15) is 60.8 Å². The molecule has 0 aromatic heterocycles. The molecular weight excluding hydrogens is 426 g/mol. The first-order chi connectivity index (χ1) is 14.2. The first-order valence-corrected chi connectivity index (χ1v) is 11.4. The van der Waals surface area contributed by atoms with Crippen LogP contribution in [0, 0.1) is 0 Å². The second-order valence-electron chi connectivity index (χ2n) is 9.29. The molecule has 3 N–H and O–H groups in total. The molecule has 0 aliphatic carbocycles. The molecule has 0 spiro atoms. The minimum Gasteiger partial charge on any atom is -0.480 e. The molecule has 0 aromatic carbocycles. The van der Waals surface area contributed by atoms with Crippen LogP contribution in [0.2, 0.25) is 0 Å². The number of carboxylic acid groups (broad SMARTS) is 1. The summed E-state index contributed by atoms with van der Waals surface area (Å²) < 4.78 is 10.4. The third kappa shape index (κ3) is 10.6. The van der Waals surface area contributed by atoms with Crippen molar-refractivity contribution in [3.63, 3.8) is 0 Å². The van der Waals surface area contributed by atoms with E-state index in [0.717, 1.165) is 0 Å². The summed E-state index contributed by atoms with van der Waals surface area (Å²) in [6.07, 6.45) is -0.0993. The molecule has 0 radical (unpaired) electrons. The van der Waals surface area contributed by atoms with E-state index in [4.69, 9.17) is 9.47 Å². The van der Waals surface area contributed by atoms with E-state index in [2.05, 4.69) is 10.6 Å². The molecule has 0 aromatic rings. The highest BCUT2D eigenvalue weighted by atomic mass is 32.2. The summed E-state index contributed by atoms with van der Waals surface area (Å²) in [4.78, 5) is 49.3. The molecule has 11 heteroatoms. The van der Waals surface area contributed by atoms with Gasteiger partial charge in [-0.05, 0) is 60.8 Å². The smallest absolute Gasteiger partial charge is 0.411 e. The largest absolute Gasteiger partial charge is 0.480 e. The molecule has 1 saturated heterocycles. The SMILES string of the molecule is CC(C)(C)OC(=O)N[C@@H](CCCCNC(=O)[C@H]1CSCN1C(=O)OC(C)(C)C)C(=O)O. The van der Waals surface area contributed by atoms with Gasteiger partial charge in [0.2, 0.25) is 5.91 Å². The van der Waals surface area contributed by atoms with E-state index in [-0.39, 0.29) is 12.3 Å². The Morgan fingerprint density at radius 1 is 1.06 bits per heavy atom. The number of carboxylic acids is 1. The van der Waals surface area contributed by atoms with Crippen LogP contribution >= 0.6 is 11.8 Å². The quantitative estimate of drug-likeness (QED) is 0.470. The number of carbonyl (C=O) groups is 4. The second-order valence-corrected chi connectivity index (χ2v) is 10.3. The number of amides is 3. The Morgan fingerprint density at radius 3 is 2.23 bits per heavy atom. The van der Waals surface area contributed by atoms with E-state index in [0.29, 0.717) is 31.0 Å². The van der Waals surface area contributed by atoms with Crippen molar-refractivity contribution in [1.82, 2.24) is 15.5 Å². The Bertz CT molecular complexity index is 658. The van der Waals surface area contributed by atoms with Gasteiger partial charge in [0, 0.05) is 12.3 Å². The van der Waals surface area contributed by atoms with Crippen LogP contribution in [-0.2, 0) is 19.1 Å². The zero-order valence-corrected chi connectivity index (χ0v) is 20.0. The summed E-state index contributed by atoms with van der Waals surface area (Å²) in [6, 6.07) is -1.67. The fraction of sp³-hybridized carbons (Fsp3) is 0.800. The molecule has 1 heterocycles. The van der Waals surface area contributed by atoms with Crippen molar-refractivity contribution in [3.8, 4) is 0 Å². The highest BCUT2D eigenvalue weighted by Gasteiger charge is 2.37. The molecule has 0 saturated carbocycles. The molecule has 0 bridgehead atoms. The number of alkyl carbamates (subject to hydrolysis) is 1. The minimum absolute atomic E-state index is 0.202. The Balaban J connectivity index is 2.40. The van der Waals surface area contributed by atoms with Gasteiger partial charge in [-0.2, -0.15) is 0 Å². The van der Waals surface area contributed by atoms with E-state index in [1.807, 2.05) is 0 Å². The summed E-state index contributed by atoms with van der Waals surface area (Å²) in [7, 11) is 0. The third-order valence-electron chi connectivity index (χ3n) is 4.02. The lowest BCUT2D eigenvalue weighted by Crippen LogP contribution is -2.48. The number of nitrogens with zero attached hydrogens (tertiary/aromatic N) is 1. The average molecular weight is 462 g/mol. The third-order valence-corrected chi connectivity index (χ3v) is 5.03. The van der Waals surface area contributed by atoms with Crippen molar-refractivity contribution in [2.24, 2.45) is 0 Å². The van der Waals surface area contributed by atoms with Crippen LogP contribution in [-0.4, -0.2) is 75.5 Å². The molecule has 2 atom stereocenters. The van der Waals surface area contributed by atoms with E-state index in [9.17, 15) is 24.3 Å². The van der Waals surface area contributed by atoms with Crippen LogP contribution in [0.5, 0.6) is 0 Å². The average Bonchev–Trinajstić information content (AvgIpc) is 3.07. The number of nitrogens with one attached hydrogen (secondary N) is 2. The second kappa shape index (κ2) is 11.4. The standard InChI is InChI=1S/C20H35N3O7S/c1-19(2,3)29-17(27)22-13(16(25)26)9-7-8-10-21-15(24)14-11-31-12-23(14)18(28)30-20(4,5)6/h13-14H,7-12H2,1-6H3,(H,21,24)(H,22,27)(H,25,26)/t13-,14+/m0/s1. The van der Waals surface area contributed by atoms with Gasteiger partial charge >= 0.3 is 18.2 Å². The van der Waals surface area contributed by atoms with Gasteiger partial charge in [-0.25, -0.2) is 14.4 Å². The molecule has 1 aliphatic rings. The Kier molecular flexibility index (Phi) is 9.92. The highest BCUT2D eigenvalue weighted by molar-refractivity contribution is 7.99. The van der Waals surface area contributed by atoms with Crippen molar-refractivity contribution in [2.45, 2.75) is 84.1 Å². The first-order valence-electron chi connectivity index (χ1n) is 10.3. The van der Waals surface area contributed by atoms with Crippen molar-refractivity contribution in [1.29, 1.82) is 0 Å². The highest BCUT2D eigenvalue weighted by Crippen LogP contribution is 2.23. The van der Waals surface area contributed by atoms with Gasteiger partial charge in [0.15, 0.2) is 0 Å². The number of hydrogen-bond donors (Lipinski definition) is 3. The van der Waals surface area contributed by atoms with E-state index in [1.54, 1.807) is 41.5 Å². The van der Waals surface area contributed by atoms with Gasteiger partial charge in [-0.15, -0.1) is 11.8 Å². The zero-order chi connectivity index (χ0) is 23.8. The molecule has 31 heavy (non-hydrogen) atoms. The molecule has 1 aliphatic heterocycles. The van der Waals surface area contributed by atoms with Crippen LogP contribution in [0.25, 0.3) is 0 Å². The predicted molar refractivity (Wildman–Crippen MR) is 117 cm³/mol. The lowest BCUT2D eigenvalue weighted by atomic mass is 10.1. The molecule has 10 nitrogen and oxygen atoms in total. The minimum atomic E-state index is -1.15. The molecular formula is C20H35N3O7S. The number of thioether (sulfide) groups is 1. The number of aliphatic carboxylic acids is 1. The van der Waals surface area contributed by atoms with E-state index >= 15 is 0 Å². The maximum absolute atomic E-state index is 12.5. The Labute approximate surface area is 187 Å². The molecule has 0 unspecified atom stereocenters. The fourth-order valence-corrected chi connectivity index (χ4v) is 3.81. The lowest BCUT2D eigenvalue weighted by Gasteiger charge is -2.27. The van der Waals surface area contributed by atoms with Gasteiger partial charge in [0.25, 0.3) is 0 Å². The summed E-state index contributed by atoms with van der Waals surface area (Å²) in [5, 5.41) is 14.4. The monoisotopic (exact) mass is 461 g/mol. The maximum atomic E-state index is 12.5. The van der Waals surface area contributed by atoms with Gasteiger partial charge in [-0.1, -0.05) is 0 Å². The molecule has 1 fully saturated rings. The van der Waals surface area contributed by atoms with Gasteiger partial charge in [0.05, 0.1) is 5.88 Å². The Morgan fingerprint density at radius 2 is 1.68 bits per heavy atom. The number of carbonyl (C=O) groups excluding carboxylic acids is 3. The molecule has 178 valence electrons. The van der Waals surface area contributed by atoms with Crippen molar-refractivity contribution >= 4 is 35.8 Å². The predicted octanol–water partition coefficient (Wildman–Crippen LogP) is 2.56. The van der Waals surface area contributed by atoms with E-state index < -0.39 is 41.4 Å². The van der Waals surface area contributed by atoms with Crippen molar-refractivity contribution in [3.05, 3.63) is 0 Å². The number of hydrogen-bond acceptors (Lipinski definition) is 7. The van der Waals surface area contributed by atoms with Crippen molar-refractivity contribution < 1.29 is 33.8 Å². The summed E-state index contributed by atoms with van der Waals surface area (Å²) in [5.74, 6) is -0.529. The number of ether oxygens (including phenoxy) is 2. The van der Waals surface area contributed by atoms with Gasteiger partial charge in [-0.3, -0.25) is 9.69 Å². The van der Waals surface area contributed by atoms with Crippen LogP contribution in [0.4, 0.5) is 9.59 Å². The topological polar surface area (TPSA) is 134 Å². The van der Waals surface area contributed by atoms with Crippen LogP contribution < -0.4 is 10.6 Å². The van der Waals surface area contributed by atoms with Gasteiger partial charge < -0.3 is 25.2 Å². The van der Waals surface area contributed by atoms with E-state index in [1.165, 1.54) is 16.7 Å². The van der Waals surface area contributed by atoms with Crippen LogP contribution in [0.3, 0.4) is 0 Å². The van der Waals surface area contributed by atoms with Gasteiger partial charge in [0.1, 0.15) is 23.3 Å². The van der Waals surface area contributed by atoms with Crippen molar-refractivity contribution in [2.75, 3.05) is 18.2 Å². The first kappa shape index (κ1) is 26.9. The lowest BCUT2D eigenvalue weighted by molar-refractivity contribution is -0.139. The molecule has 1 rings (SSSR count). The summed E-state index contributed by atoms with van der Waals surface area (Å²) in [5.41, 5.74) is -1.36. The maximum Gasteiger partial charge on any atom is 0.411 e. The Hall–Kier alpha value is -2.17. The number of unbranched alkanes of at least 4 members (excludes halogenated alkanes) is 1. The normalized spacial score (nSPS) is 17.6. The summed E-state index contributed by atoms with van der Waals surface area (Å²) >= 11 is 1.48. The number of rotatable bonds is 8. The molecule has 3 amide bonds. The van der Waals surface area contributed by atoms with Crippen LogP contribution in [0.15, 0.2) is 0 Å².